The lowest BCUT2D eigenvalue weighted by atomic mass is 9.95. The van der Waals surface area contributed by atoms with Gasteiger partial charge < -0.3 is 15.4 Å². The highest BCUT2D eigenvalue weighted by Crippen LogP contribution is 2.38. The molecule has 1 aromatic carbocycles. The molecule has 0 saturated heterocycles. The van der Waals surface area contributed by atoms with E-state index in [4.69, 9.17) is 4.74 Å². The summed E-state index contributed by atoms with van der Waals surface area (Å²) < 4.78 is 8.11. The summed E-state index contributed by atoms with van der Waals surface area (Å²) in [7, 11) is 1.76. The van der Waals surface area contributed by atoms with Gasteiger partial charge in [0.15, 0.2) is 6.61 Å². The van der Waals surface area contributed by atoms with Gasteiger partial charge in [-0.3, -0.25) is 23.9 Å². The van der Waals surface area contributed by atoms with Crippen LogP contribution >= 0.6 is 11.3 Å². The van der Waals surface area contributed by atoms with Crippen molar-refractivity contribution in [2.75, 3.05) is 17.2 Å². The van der Waals surface area contributed by atoms with E-state index in [1.54, 1.807) is 25.6 Å². The maximum atomic E-state index is 13.5. The Balaban J connectivity index is 1.65. The van der Waals surface area contributed by atoms with Crippen molar-refractivity contribution >= 4 is 39.8 Å². The van der Waals surface area contributed by atoms with Crippen molar-refractivity contribution in [3.8, 4) is 5.69 Å². The number of carbonyl (C=O) groups is 3. The molecule has 4 rings (SSSR count). The molecule has 2 heterocycles. The predicted molar refractivity (Wildman–Crippen MR) is 135 cm³/mol. The van der Waals surface area contributed by atoms with Crippen molar-refractivity contribution in [2.45, 2.75) is 46.0 Å². The molecule has 1 aliphatic carbocycles. The molecule has 2 N–H and O–H groups in total. The number of aryl methyl sites for hydroxylation is 1. The topological polar surface area (TPSA) is 111 Å². The van der Waals surface area contributed by atoms with Gasteiger partial charge in [0, 0.05) is 18.3 Å². The maximum Gasteiger partial charge on any atom is 0.306 e. The number of hydrogen-bond acceptors (Lipinski definition) is 6. The van der Waals surface area contributed by atoms with E-state index >= 15 is 0 Å². The lowest BCUT2D eigenvalue weighted by Crippen LogP contribution is -2.25. The molecule has 9 nitrogen and oxygen atoms in total. The fourth-order valence-corrected chi connectivity index (χ4v) is 5.50. The van der Waals surface area contributed by atoms with Crippen molar-refractivity contribution in [3.63, 3.8) is 0 Å². The molecule has 10 heteroatoms. The van der Waals surface area contributed by atoms with Gasteiger partial charge in [-0.1, -0.05) is 25.1 Å². The highest BCUT2D eigenvalue weighted by molar-refractivity contribution is 7.17. The van der Waals surface area contributed by atoms with E-state index in [-0.39, 0.29) is 17.7 Å². The lowest BCUT2D eigenvalue weighted by Gasteiger charge is -2.13. The molecule has 2 amide bonds. The quantitative estimate of drug-likeness (QED) is 0.486. The van der Waals surface area contributed by atoms with Gasteiger partial charge in [0.1, 0.15) is 10.7 Å². The van der Waals surface area contributed by atoms with Crippen LogP contribution in [0.5, 0.6) is 0 Å². The average Bonchev–Trinajstić information content (AvgIpc) is 3.32. The molecule has 0 fully saturated rings. The zero-order valence-electron chi connectivity index (χ0n) is 20.0. The SMILES string of the molecule is CCC(=O)OCC(=O)Nc1sc2c(c1C(=O)Nc1c(C)n(C)n(-c3ccccc3)c1=O)CCCC2. The van der Waals surface area contributed by atoms with E-state index in [2.05, 4.69) is 10.6 Å². The third-order valence-electron chi connectivity index (χ3n) is 6.10. The highest BCUT2D eigenvalue weighted by atomic mass is 32.1. The number of carbonyl (C=O) groups excluding carboxylic acids is 3. The first kappa shape index (κ1) is 24.5. The Bertz CT molecular complexity index is 1340. The number of hydrogen-bond donors (Lipinski definition) is 2. The Hall–Kier alpha value is -3.66. The normalized spacial score (nSPS) is 12.7. The fourth-order valence-electron chi connectivity index (χ4n) is 4.19. The van der Waals surface area contributed by atoms with Gasteiger partial charge in [0.2, 0.25) is 0 Å². The standard InChI is InChI=1S/C25H28N4O5S/c1-4-20(31)34-14-19(30)26-24-21(17-12-8-9-13-18(17)35-24)23(32)27-22-15(2)28(3)29(25(22)33)16-10-6-5-7-11-16/h5-7,10-11H,4,8-9,12-14H2,1-3H3,(H,26,30)(H,27,32). The molecule has 3 aromatic rings. The van der Waals surface area contributed by atoms with Gasteiger partial charge in [0.25, 0.3) is 17.4 Å². The second-order valence-electron chi connectivity index (χ2n) is 8.37. The summed E-state index contributed by atoms with van der Waals surface area (Å²) >= 11 is 1.36. The number of anilines is 2. The summed E-state index contributed by atoms with van der Waals surface area (Å²) in [6.07, 6.45) is 3.67. The number of nitrogens with zero attached hydrogens (tertiary/aromatic N) is 2. The van der Waals surface area contributed by atoms with Gasteiger partial charge in [-0.15, -0.1) is 11.3 Å². The molecule has 0 radical (unpaired) electrons. The fraction of sp³-hybridized carbons (Fsp3) is 0.360. The van der Waals surface area contributed by atoms with E-state index in [0.29, 0.717) is 21.9 Å². The smallest absolute Gasteiger partial charge is 0.306 e. The number of ether oxygens (including phenoxy) is 1. The van der Waals surface area contributed by atoms with E-state index in [1.807, 2.05) is 30.3 Å². The highest BCUT2D eigenvalue weighted by Gasteiger charge is 2.28. The number of rotatable bonds is 7. The van der Waals surface area contributed by atoms with Gasteiger partial charge in [-0.2, -0.15) is 0 Å². The molecule has 0 bridgehead atoms. The van der Waals surface area contributed by atoms with Crippen LogP contribution in [0, 0.1) is 6.92 Å². The third-order valence-corrected chi connectivity index (χ3v) is 7.30. The van der Waals surface area contributed by atoms with Crippen LogP contribution in [0.4, 0.5) is 10.7 Å². The van der Waals surface area contributed by atoms with Gasteiger partial charge in [-0.05, 0) is 50.3 Å². The Kier molecular flexibility index (Phi) is 7.20. The number of fused-ring (bicyclic) bond motifs is 1. The molecule has 0 spiro atoms. The number of para-hydroxylation sites is 1. The van der Waals surface area contributed by atoms with Crippen molar-refractivity contribution in [3.05, 3.63) is 62.4 Å². The predicted octanol–water partition coefficient (Wildman–Crippen LogP) is 3.57. The van der Waals surface area contributed by atoms with E-state index in [0.717, 1.165) is 36.1 Å². The van der Waals surface area contributed by atoms with Crippen molar-refractivity contribution in [2.24, 2.45) is 7.05 Å². The molecule has 0 unspecified atom stereocenters. The third kappa shape index (κ3) is 4.93. The number of aromatic nitrogens is 2. The monoisotopic (exact) mass is 496 g/mol. The summed E-state index contributed by atoms with van der Waals surface area (Å²) in [4.78, 5) is 51.7. The first-order valence-electron chi connectivity index (χ1n) is 11.6. The zero-order chi connectivity index (χ0) is 25.1. The Morgan fingerprint density at radius 3 is 2.51 bits per heavy atom. The Morgan fingerprint density at radius 2 is 1.80 bits per heavy atom. The van der Waals surface area contributed by atoms with E-state index < -0.39 is 24.4 Å². The van der Waals surface area contributed by atoms with Crippen molar-refractivity contribution in [1.29, 1.82) is 0 Å². The van der Waals surface area contributed by atoms with E-state index in [9.17, 15) is 19.2 Å². The van der Waals surface area contributed by atoms with Crippen molar-refractivity contribution in [1.82, 2.24) is 9.36 Å². The summed E-state index contributed by atoms with van der Waals surface area (Å²) in [5, 5.41) is 5.96. The van der Waals surface area contributed by atoms with Gasteiger partial charge in [-0.25, -0.2) is 4.68 Å². The summed E-state index contributed by atoms with van der Waals surface area (Å²) in [5.41, 5.74) is 2.40. The number of nitrogens with one attached hydrogen (secondary N) is 2. The van der Waals surface area contributed by atoms with Crippen LogP contribution in [0.1, 0.15) is 52.7 Å². The van der Waals surface area contributed by atoms with E-state index in [1.165, 1.54) is 16.0 Å². The number of amides is 2. The molecule has 0 saturated carbocycles. The van der Waals surface area contributed by atoms with Crippen LogP contribution in [-0.2, 0) is 34.2 Å². The largest absolute Gasteiger partial charge is 0.456 e. The van der Waals surface area contributed by atoms with Crippen LogP contribution in [0.15, 0.2) is 35.1 Å². The van der Waals surface area contributed by atoms with Gasteiger partial charge >= 0.3 is 5.97 Å². The second-order valence-corrected chi connectivity index (χ2v) is 9.47. The number of benzene rings is 1. The van der Waals surface area contributed by atoms with Crippen LogP contribution < -0.4 is 16.2 Å². The van der Waals surface area contributed by atoms with Crippen LogP contribution in [0.3, 0.4) is 0 Å². The minimum absolute atomic E-state index is 0.172. The summed E-state index contributed by atoms with van der Waals surface area (Å²) in [6.45, 7) is 2.99. The summed E-state index contributed by atoms with van der Waals surface area (Å²) in [5.74, 6) is -1.43. The molecule has 184 valence electrons. The number of esters is 1. The molecule has 2 aromatic heterocycles. The number of thiophene rings is 1. The molecule has 35 heavy (non-hydrogen) atoms. The Labute approximate surface area is 206 Å². The Morgan fingerprint density at radius 1 is 1.09 bits per heavy atom. The minimum Gasteiger partial charge on any atom is -0.456 e. The first-order valence-corrected chi connectivity index (χ1v) is 12.4. The first-order chi connectivity index (χ1) is 16.8. The second kappa shape index (κ2) is 10.3. The minimum atomic E-state index is -0.512. The molecule has 0 atom stereocenters. The van der Waals surface area contributed by atoms with Crippen molar-refractivity contribution < 1.29 is 19.1 Å². The average molecular weight is 497 g/mol. The maximum absolute atomic E-state index is 13.5. The molecular weight excluding hydrogens is 468 g/mol. The van der Waals surface area contributed by atoms with Crippen LogP contribution in [0.25, 0.3) is 5.69 Å². The van der Waals surface area contributed by atoms with Gasteiger partial charge in [0.05, 0.1) is 16.9 Å². The van der Waals surface area contributed by atoms with Crippen LogP contribution in [0.2, 0.25) is 0 Å². The van der Waals surface area contributed by atoms with Crippen LogP contribution in [-0.4, -0.2) is 33.8 Å². The molecule has 0 aliphatic heterocycles. The molecule has 1 aliphatic rings. The molecular formula is C25H28N4O5S. The lowest BCUT2D eigenvalue weighted by molar-refractivity contribution is -0.146. The zero-order valence-corrected chi connectivity index (χ0v) is 20.8. The summed E-state index contributed by atoms with van der Waals surface area (Å²) in [6, 6.07) is 9.19.